The molecule has 0 saturated heterocycles. The number of nitrogens with zero attached hydrogens (tertiary/aromatic N) is 3. The quantitative estimate of drug-likeness (QED) is 0.752. The number of carbonyl (C=O) groups is 1. The van der Waals surface area contributed by atoms with Crippen molar-refractivity contribution >= 4 is 5.97 Å². The summed E-state index contributed by atoms with van der Waals surface area (Å²) in [7, 11) is 0. The molecule has 15 heavy (non-hydrogen) atoms. The Morgan fingerprint density at radius 1 is 1.47 bits per heavy atom. The zero-order valence-corrected chi connectivity index (χ0v) is 7.53. The van der Waals surface area contributed by atoms with Crippen LogP contribution in [0.3, 0.4) is 0 Å². The van der Waals surface area contributed by atoms with Crippen molar-refractivity contribution in [1.29, 1.82) is 0 Å². The standard InChI is InChI=1S/C9H7N3O3/c13-8-4-7(9(14)15)11-12(8)6-2-1-3-10-5-6/h1-5,13H,(H,14,15). The predicted octanol–water partition coefficient (Wildman–Crippen LogP) is 0.671. The van der Waals surface area contributed by atoms with Crippen molar-refractivity contribution in [2.75, 3.05) is 0 Å². The Balaban J connectivity index is 2.50. The fourth-order valence-electron chi connectivity index (χ4n) is 1.14. The van der Waals surface area contributed by atoms with E-state index >= 15 is 0 Å². The average Bonchev–Trinajstić information content (AvgIpc) is 2.62. The lowest BCUT2D eigenvalue weighted by atomic mass is 10.4. The van der Waals surface area contributed by atoms with Crippen molar-refractivity contribution in [2.45, 2.75) is 0 Å². The van der Waals surface area contributed by atoms with Gasteiger partial charge in [-0.3, -0.25) is 4.98 Å². The maximum absolute atomic E-state index is 10.6. The molecule has 0 aliphatic carbocycles. The van der Waals surface area contributed by atoms with Gasteiger partial charge in [-0.05, 0) is 12.1 Å². The highest BCUT2D eigenvalue weighted by atomic mass is 16.4. The summed E-state index contributed by atoms with van der Waals surface area (Å²) in [6.07, 6.45) is 3.04. The number of aromatic nitrogens is 3. The van der Waals surface area contributed by atoms with E-state index in [2.05, 4.69) is 10.1 Å². The Morgan fingerprint density at radius 3 is 2.80 bits per heavy atom. The first-order valence-corrected chi connectivity index (χ1v) is 4.11. The van der Waals surface area contributed by atoms with Crippen LogP contribution in [-0.4, -0.2) is 30.9 Å². The van der Waals surface area contributed by atoms with E-state index in [0.29, 0.717) is 5.69 Å². The zero-order valence-electron chi connectivity index (χ0n) is 7.53. The molecule has 2 aromatic heterocycles. The van der Waals surface area contributed by atoms with Crippen LogP contribution in [0.25, 0.3) is 5.69 Å². The minimum atomic E-state index is -1.19. The molecule has 0 aliphatic rings. The third-order valence-electron chi connectivity index (χ3n) is 1.80. The Morgan fingerprint density at radius 2 is 2.27 bits per heavy atom. The molecule has 2 N–H and O–H groups in total. The number of pyridine rings is 1. The van der Waals surface area contributed by atoms with Crippen molar-refractivity contribution in [2.24, 2.45) is 0 Å². The molecule has 0 bridgehead atoms. The topological polar surface area (TPSA) is 88.2 Å². The Kier molecular flexibility index (Phi) is 2.09. The van der Waals surface area contributed by atoms with Crippen molar-refractivity contribution in [3.63, 3.8) is 0 Å². The van der Waals surface area contributed by atoms with E-state index in [1.165, 1.54) is 6.20 Å². The monoisotopic (exact) mass is 205 g/mol. The SMILES string of the molecule is O=C(O)c1cc(O)n(-c2cccnc2)n1. The second-order valence-corrected chi connectivity index (χ2v) is 2.82. The number of aromatic hydroxyl groups is 1. The van der Waals surface area contributed by atoms with Crippen molar-refractivity contribution in [1.82, 2.24) is 14.8 Å². The van der Waals surface area contributed by atoms with Gasteiger partial charge in [0.1, 0.15) is 0 Å². The summed E-state index contributed by atoms with van der Waals surface area (Å²) in [6, 6.07) is 4.40. The molecule has 2 rings (SSSR count). The molecule has 0 amide bonds. The molecule has 0 fully saturated rings. The van der Waals surface area contributed by atoms with Crippen LogP contribution in [0.1, 0.15) is 10.5 Å². The molecule has 0 aliphatic heterocycles. The van der Waals surface area contributed by atoms with Crippen LogP contribution in [0.15, 0.2) is 30.6 Å². The third-order valence-corrected chi connectivity index (χ3v) is 1.80. The minimum absolute atomic E-state index is 0.212. The molecular weight excluding hydrogens is 198 g/mol. The second kappa shape index (κ2) is 3.41. The number of carboxylic acids is 1. The molecule has 2 aromatic rings. The van der Waals surface area contributed by atoms with Gasteiger partial charge in [-0.25, -0.2) is 4.79 Å². The van der Waals surface area contributed by atoms with E-state index in [4.69, 9.17) is 5.11 Å². The molecule has 0 atom stereocenters. The number of hydrogen-bond donors (Lipinski definition) is 2. The van der Waals surface area contributed by atoms with Gasteiger partial charge in [-0.15, -0.1) is 0 Å². The average molecular weight is 205 g/mol. The number of aromatic carboxylic acids is 1. The Labute approximate surface area is 84.4 Å². The summed E-state index contributed by atoms with van der Waals surface area (Å²) in [6.45, 7) is 0. The summed E-state index contributed by atoms with van der Waals surface area (Å²) in [4.78, 5) is 14.4. The smallest absolute Gasteiger partial charge is 0.356 e. The summed E-state index contributed by atoms with van der Waals surface area (Å²) in [5.74, 6) is -1.42. The number of rotatable bonds is 2. The molecule has 0 unspecified atom stereocenters. The molecule has 0 spiro atoms. The predicted molar refractivity (Wildman–Crippen MR) is 50.0 cm³/mol. The van der Waals surface area contributed by atoms with Crippen molar-refractivity contribution in [3.05, 3.63) is 36.3 Å². The van der Waals surface area contributed by atoms with E-state index < -0.39 is 5.97 Å². The van der Waals surface area contributed by atoms with Crippen molar-refractivity contribution < 1.29 is 15.0 Å². The maximum atomic E-state index is 10.6. The highest BCUT2D eigenvalue weighted by Crippen LogP contribution is 2.16. The van der Waals surface area contributed by atoms with E-state index in [0.717, 1.165) is 10.7 Å². The van der Waals surface area contributed by atoms with Gasteiger partial charge in [0, 0.05) is 12.3 Å². The third kappa shape index (κ3) is 1.64. The van der Waals surface area contributed by atoms with E-state index in [-0.39, 0.29) is 11.6 Å². The second-order valence-electron chi connectivity index (χ2n) is 2.82. The maximum Gasteiger partial charge on any atom is 0.356 e. The van der Waals surface area contributed by atoms with Gasteiger partial charge in [0.2, 0.25) is 5.88 Å². The van der Waals surface area contributed by atoms with Crippen LogP contribution in [0.2, 0.25) is 0 Å². The molecule has 76 valence electrons. The summed E-state index contributed by atoms with van der Waals surface area (Å²) in [5.41, 5.74) is 0.291. The van der Waals surface area contributed by atoms with Crippen LogP contribution in [-0.2, 0) is 0 Å². The molecule has 2 heterocycles. The number of hydrogen-bond acceptors (Lipinski definition) is 4. The lowest BCUT2D eigenvalue weighted by molar-refractivity contribution is 0.0690. The molecule has 0 saturated carbocycles. The largest absolute Gasteiger partial charge is 0.493 e. The number of carboxylic acid groups (broad SMARTS) is 1. The molecule has 6 heteroatoms. The Bertz CT molecular complexity index is 493. The first-order valence-electron chi connectivity index (χ1n) is 4.11. The van der Waals surface area contributed by atoms with E-state index in [9.17, 15) is 9.90 Å². The highest BCUT2D eigenvalue weighted by Gasteiger charge is 2.13. The van der Waals surface area contributed by atoms with E-state index in [1.807, 2.05) is 0 Å². The lowest BCUT2D eigenvalue weighted by Crippen LogP contribution is -2.01. The summed E-state index contributed by atoms with van der Waals surface area (Å²) < 4.78 is 1.11. The first-order chi connectivity index (χ1) is 7.18. The van der Waals surface area contributed by atoms with Gasteiger partial charge in [-0.1, -0.05) is 0 Å². The van der Waals surface area contributed by atoms with Crippen molar-refractivity contribution in [3.8, 4) is 11.6 Å². The van der Waals surface area contributed by atoms with Crippen LogP contribution >= 0.6 is 0 Å². The Hall–Kier alpha value is -2.37. The lowest BCUT2D eigenvalue weighted by Gasteiger charge is -2.00. The highest BCUT2D eigenvalue weighted by molar-refractivity contribution is 5.85. The van der Waals surface area contributed by atoms with Gasteiger partial charge >= 0.3 is 5.97 Å². The normalized spacial score (nSPS) is 10.1. The van der Waals surface area contributed by atoms with Gasteiger partial charge < -0.3 is 10.2 Å². The van der Waals surface area contributed by atoms with Crippen LogP contribution in [0.4, 0.5) is 0 Å². The molecular formula is C9H7N3O3. The van der Waals surface area contributed by atoms with E-state index in [1.54, 1.807) is 18.3 Å². The molecule has 6 nitrogen and oxygen atoms in total. The minimum Gasteiger partial charge on any atom is -0.493 e. The molecule has 0 radical (unpaired) electrons. The zero-order chi connectivity index (χ0) is 10.8. The van der Waals surface area contributed by atoms with Crippen LogP contribution < -0.4 is 0 Å². The first kappa shape index (κ1) is 9.20. The van der Waals surface area contributed by atoms with Gasteiger partial charge in [0.25, 0.3) is 0 Å². The fourth-order valence-corrected chi connectivity index (χ4v) is 1.14. The van der Waals surface area contributed by atoms with Crippen LogP contribution in [0.5, 0.6) is 5.88 Å². The fraction of sp³-hybridized carbons (Fsp3) is 0. The summed E-state index contributed by atoms with van der Waals surface area (Å²) >= 11 is 0. The van der Waals surface area contributed by atoms with Crippen LogP contribution in [0, 0.1) is 0 Å². The van der Waals surface area contributed by atoms with Gasteiger partial charge in [0.15, 0.2) is 5.69 Å². The van der Waals surface area contributed by atoms with Gasteiger partial charge in [-0.2, -0.15) is 9.78 Å². The molecule has 0 aromatic carbocycles. The van der Waals surface area contributed by atoms with Gasteiger partial charge in [0.05, 0.1) is 11.9 Å². The summed E-state index contributed by atoms with van der Waals surface area (Å²) in [5, 5.41) is 21.8.